The van der Waals surface area contributed by atoms with Gasteiger partial charge in [-0.15, -0.1) is 13.2 Å². The Bertz CT molecular complexity index is 1190. The molecule has 1 saturated heterocycles. The van der Waals surface area contributed by atoms with Gasteiger partial charge in [0, 0.05) is 18.3 Å². The maximum Gasteiger partial charge on any atom is 0.573 e. The van der Waals surface area contributed by atoms with Crippen LogP contribution < -0.4 is 19.1 Å². The number of hydrogen-bond donors (Lipinski definition) is 1. The molecule has 7 nitrogen and oxygen atoms in total. The first-order valence-electron chi connectivity index (χ1n) is 9.69. The van der Waals surface area contributed by atoms with E-state index in [9.17, 15) is 35.2 Å². The summed E-state index contributed by atoms with van der Waals surface area (Å²) < 4.78 is 99.0. The molecule has 0 radical (unpaired) electrons. The molecule has 1 aliphatic heterocycles. The van der Waals surface area contributed by atoms with E-state index in [-0.39, 0.29) is 17.7 Å². The van der Waals surface area contributed by atoms with Crippen molar-refractivity contribution < 1.29 is 44.6 Å². The van der Waals surface area contributed by atoms with E-state index in [0.29, 0.717) is 43.5 Å². The minimum absolute atomic E-state index is 0.107. The second-order valence-electron chi connectivity index (χ2n) is 7.43. The highest BCUT2D eigenvalue weighted by Gasteiger charge is 2.33. The Morgan fingerprint density at radius 2 is 1.88 bits per heavy atom. The van der Waals surface area contributed by atoms with Gasteiger partial charge in [-0.1, -0.05) is 11.6 Å². The fraction of sp³-hybridized carbons (Fsp3) is 0.350. The van der Waals surface area contributed by atoms with Crippen molar-refractivity contribution in [2.24, 2.45) is 0 Å². The molecular formula is C20H18ClF5N2O5S. The molecule has 0 bridgehead atoms. The van der Waals surface area contributed by atoms with Crippen LogP contribution in [-0.4, -0.2) is 46.1 Å². The standard InChI is InChI=1S/C20H18ClF5N2O5S/c1-34(30,31)27-19(29)13-8-16(23)18(9-15(13)22)32-10-12-3-2-6-28(12)11-4-5-17(14(21)7-11)33-20(24,25)26/h4-5,7-9,12H,2-3,6,10H2,1H3,(H,27,29)/t12-/m1/s1. The van der Waals surface area contributed by atoms with E-state index in [1.807, 2.05) is 0 Å². The van der Waals surface area contributed by atoms with Crippen molar-refractivity contribution in [3.8, 4) is 11.5 Å². The summed E-state index contributed by atoms with van der Waals surface area (Å²) in [7, 11) is -3.98. The lowest BCUT2D eigenvalue weighted by Crippen LogP contribution is -2.34. The number of alkyl halides is 3. The maximum absolute atomic E-state index is 14.4. The average Bonchev–Trinajstić information content (AvgIpc) is 3.16. The van der Waals surface area contributed by atoms with E-state index in [1.165, 1.54) is 12.1 Å². The molecule has 1 heterocycles. The number of amides is 1. The number of nitrogens with one attached hydrogen (secondary N) is 1. The number of nitrogens with zero attached hydrogens (tertiary/aromatic N) is 1. The molecule has 1 atom stereocenters. The first-order chi connectivity index (χ1) is 15.7. The van der Waals surface area contributed by atoms with Crippen LogP contribution in [0.3, 0.4) is 0 Å². The Morgan fingerprint density at radius 3 is 2.50 bits per heavy atom. The summed E-state index contributed by atoms with van der Waals surface area (Å²) in [5.74, 6) is -4.65. The van der Waals surface area contributed by atoms with Gasteiger partial charge in [0.15, 0.2) is 11.6 Å². The van der Waals surface area contributed by atoms with Gasteiger partial charge in [0.1, 0.15) is 18.2 Å². The zero-order valence-electron chi connectivity index (χ0n) is 17.5. The molecule has 0 aromatic heterocycles. The van der Waals surface area contributed by atoms with Gasteiger partial charge in [-0.2, -0.15) is 0 Å². The summed E-state index contributed by atoms with van der Waals surface area (Å²) in [5, 5.41) is -0.252. The number of anilines is 1. The van der Waals surface area contributed by atoms with Crippen LogP contribution in [0.5, 0.6) is 11.5 Å². The highest BCUT2D eigenvalue weighted by Crippen LogP contribution is 2.35. The van der Waals surface area contributed by atoms with Crippen molar-refractivity contribution >= 4 is 33.2 Å². The minimum atomic E-state index is -4.89. The number of halogens is 6. The Kier molecular flexibility index (Phi) is 7.46. The van der Waals surface area contributed by atoms with Crippen molar-refractivity contribution in [3.05, 3.63) is 52.6 Å². The minimum Gasteiger partial charge on any atom is -0.488 e. The molecule has 1 aliphatic rings. The molecule has 0 saturated carbocycles. The van der Waals surface area contributed by atoms with Crippen molar-refractivity contribution in [1.29, 1.82) is 0 Å². The van der Waals surface area contributed by atoms with E-state index < -0.39 is 51.0 Å². The first kappa shape index (κ1) is 25.8. The van der Waals surface area contributed by atoms with Crippen molar-refractivity contribution in [2.45, 2.75) is 25.2 Å². The molecule has 2 aromatic rings. The number of sulfonamides is 1. The van der Waals surface area contributed by atoms with Gasteiger partial charge < -0.3 is 14.4 Å². The largest absolute Gasteiger partial charge is 0.573 e. The van der Waals surface area contributed by atoms with Crippen LogP contribution >= 0.6 is 11.6 Å². The normalized spacial score (nSPS) is 16.4. The highest BCUT2D eigenvalue weighted by atomic mass is 35.5. The molecule has 0 spiro atoms. The summed E-state index contributed by atoms with van der Waals surface area (Å²) in [6, 6.07) is 4.59. The van der Waals surface area contributed by atoms with E-state index in [0.717, 1.165) is 6.07 Å². The van der Waals surface area contributed by atoms with Gasteiger partial charge >= 0.3 is 6.36 Å². The van der Waals surface area contributed by atoms with Gasteiger partial charge in [0.05, 0.1) is 22.9 Å². The van der Waals surface area contributed by atoms with Gasteiger partial charge in [-0.3, -0.25) is 4.79 Å². The Morgan fingerprint density at radius 1 is 1.18 bits per heavy atom. The zero-order valence-corrected chi connectivity index (χ0v) is 19.0. The molecule has 2 aromatic carbocycles. The maximum atomic E-state index is 14.4. The third-order valence-corrected chi connectivity index (χ3v) is 5.68. The number of rotatable bonds is 7. The summed E-state index contributed by atoms with van der Waals surface area (Å²) >= 11 is 5.91. The quantitative estimate of drug-likeness (QED) is 0.541. The van der Waals surface area contributed by atoms with E-state index in [2.05, 4.69) is 4.74 Å². The summed E-state index contributed by atoms with van der Waals surface area (Å²) in [5.41, 5.74) is -0.321. The lowest BCUT2D eigenvalue weighted by atomic mass is 10.2. The SMILES string of the molecule is CS(=O)(=O)NC(=O)c1cc(F)c(OC[C@H]2CCCN2c2ccc(OC(F)(F)F)c(Cl)c2)cc1F. The fourth-order valence-corrected chi connectivity index (χ4v) is 4.11. The zero-order chi connectivity index (χ0) is 25.3. The van der Waals surface area contributed by atoms with Crippen LogP contribution in [0.1, 0.15) is 23.2 Å². The summed E-state index contributed by atoms with van der Waals surface area (Å²) in [4.78, 5) is 13.6. The van der Waals surface area contributed by atoms with E-state index in [1.54, 1.807) is 9.62 Å². The van der Waals surface area contributed by atoms with Gasteiger partial charge in [0.25, 0.3) is 5.91 Å². The summed E-state index contributed by atoms with van der Waals surface area (Å²) in [6.07, 6.45) is -2.91. The number of benzene rings is 2. The Labute approximate surface area is 196 Å². The van der Waals surface area contributed by atoms with Gasteiger partial charge in [-0.25, -0.2) is 21.9 Å². The van der Waals surface area contributed by atoms with Crippen LogP contribution in [0.2, 0.25) is 5.02 Å². The molecule has 0 aliphatic carbocycles. The van der Waals surface area contributed by atoms with Crippen LogP contribution in [0, 0.1) is 11.6 Å². The van der Waals surface area contributed by atoms with Gasteiger partial charge in [0.2, 0.25) is 10.0 Å². The molecular weight excluding hydrogens is 511 g/mol. The van der Waals surface area contributed by atoms with E-state index >= 15 is 0 Å². The van der Waals surface area contributed by atoms with Crippen molar-refractivity contribution in [1.82, 2.24) is 4.72 Å². The van der Waals surface area contributed by atoms with Crippen LogP contribution in [0.15, 0.2) is 30.3 Å². The Hall–Kier alpha value is -2.80. The predicted molar refractivity (Wildman–Crippen MR) is 113 cm³/mol. The molecule has 0 unspecified atom stereocenters. The summed E-state index contributed by atoms with van der Waals surface area (Å²) in [6.45, 7) is 0.412. The molecule has 1 fully saturated rings. The molecule has 14 heteroatoms. The smallest absolute Gasteiger partial charge is 0.488 e. The van der Waals surface area contributed by atoms with Crippen LogP contribution in [-0.2, 0) is 10.0 Å². The topological polar surface area (TPSA) is 84.9 Å². The number of hydrogen-bond acceptors (Lipinski definition) is 6. The molecule has 3 rings (SSSR count). The second kappa shape index (κ2) is 9.82. The third-order valence-electron chi connectivity index (χ3n) is 4.83. The Balaban J connectivity index is 1.71. The van der Waals surface area contributed by atoms with E-state index in [4.69, 9.17) is 16.3 Å². The van der Waals surface area contributed by atoms with Crippen molar-refractivity contribution in [3.63, 3.8) is 0 Å². The molecule has 1 N–H and O–H groups in total. The number of carbonyl (C=O) groups excluding carboxylic acids is 1. The highest BCUT2D eigenvalue weighted by molar-refractivity contribution is 7.89. The average molecular weight is 529 g/mol. The van der Waals surface area contributed by atoms with Gasteiger partial charge in [-0.05, 0) is 37.1 Å². The number of ether oxygens (including phenoxy) is 2. The predicted octanol–water partition coefficient (Wildman–Crippen LogP) is 4.25. The number of carbonyl (C=O) groups is 1. The molecule has 1 amide bonds. The van der Waals surface area contributed by atoms with Crippen LogP contribution in [0.25, 0.3) is 0 Å². The third kappa shape index (κ3) is 6.63. The molecule has 186 valence electrons. The van der Waals surface area contributed by atoms with Crippen molar-refractivity contribution in [2.75, 3.05) is 24.3 Å². The molecule has 34 heavy (non-hydrogen) atoms. The fourth-order valence-electron chi connectivity index (χ4n) is 3.45. The lowest BCUT2D eigenvalue weighted by Gasteiger charge is -2.27. The first-order valence-corrected chi connectivity index (χ1v) is 12.0. The monoisotopic (exact) mass is 528 g/mol. The second-order valence-corrected chi connectivity index (χ2v) is 9.58. The van der Waals surface area contributed by atoms with Crippen LogP contribution in [0.4, 0.5) is 27.6 Å². The lowest BCUT2D eigenvalue weighted by molar-refractivity contribution is -0.274.